The number of hydrogen-bond donors (Lipinski definition) is 0. The van der Waals surface area contributed by atoms with Gasteiger partial charge in [0.1, 0.15) is 12.2 Å². The lowest BCUT2D eigenvalue weighted by Gasteiger charge is -2.18. The highest BCUT2D eigenvalue weighted by atomic mass is 17.2. The van der Waals surface area contributed by atoms with Gasteiger partial charge in [-0.3, -0.25) is 0 Å². The average molecular weight is 342 g/mol. The second-order valence-electron chi connectivity index (χ2n) is 6.69. The van der Waals surface area contributed by atoms with Crippen LogP contribution >= 0.6 is 0 Å². The van der Waals surface area contributed by atoms with Gasteiger partial charge >= 0.3 is 0 Å². The molecule has 0 aliphatic rings. The Bertz CT molecular complexity index is 953. The van der Waals surface area contributed by atoms with Crippen molar-refractivity contribution >= 4 is 21.5 Å². The lowest BCUT2D eigenvalue weighted by Crippen LogP contribution is -2.05. The van der Waals surface area contributed by atoms with E-state index in [1.807, 2.05) is 13.8 Å². The zero-order valence-electron chi connectivity index (χ0n) is 15.1. The number of rotatable bonds is 5. The van der Waals surface area contributed by atoms with Gasteiger partial charge in [-0.05, 0) is 58.7 Å². The number of benzene rings is 4. The van der Waals surface area contributed by atoms with Crippen molar-refractivity contribution in [2.45, 2.75) is 26.1 Å². The van der Waals surface area contributed by atoms with Crippen molar-refractivity contribution in [3.63, 3.8) is 0 Å². The molecule has 2 heteroatoms. The summed E-state index contributed by atoms with van der Waals surface area (Å²) in [6, 6.07) is 29.4. The van der Waals surface area contributed by atoms with Crippen LogP contribution in [0.15, 0.2) is 84.9 Å². The molecule has 0 aliphatic carbocycles. The fourth-order valence-electron chi connectivity index (χ4n) is 3.20. The molecule has 0 spiro atoms. The molecule has 0 radical (unpaired) electrons. The van der Waals surface area contributed by atoms with Gasteiger partial charge in [-0.25, -0.2) is 9.78 Å². The van der Waals surface area contributed by atoms with E-state index in [9.17, 15) is 0 Å². The molecule has 0 aromatic heterocycles. The summed E-state index contributed by atoms with van der Waals surface area (Å²) in [6.07, 6.45) is -0.273. The standard InChI is InChI=1S/C24H22O2/c1-17(21-13-11-19-7-3-5-9-23(19)15-21)25-26-18(2)22-14-12-20-8-4-6-10-24(20)16-22/h3-18H,1-2H3. The molecular weight excluding hydrogens is 320 g/mol. The molecule has 0 amide bonds. The van der Waals surface area contributed by atoms with E-state index in [0.717, 1.165) is 11.1 Å². The lowest BCUT2D eigenvalue weighted by molar-refractivity contribution is -0.350. The molecule has 0 bridgehead atoms. The molecule has 2 atom stereocenters. The summed E-state index contributed by atoms with van der Waals surface area (Å²) >= 11 is 0. The Hall–Kier alpha value is -2.68. The van der Waals surface area contributed by atoms with Gasteiger partial charge in [-0.15, -0.1) is 0 Å². The van der Waals surface area contributed by atoms with Gasteiger partial charge in [0.2, 0.25) is 0 Å². The summed E-state index contributed by atoms with van der Waals surface area (Å²) < 4.78 is 0. The van der Waals surface area contributed by atoms with Crippen LogP contribution in [0, 0.1) is 0 Å². The van der Waals surface area contributed by atoms with Crippen LogP contribution in [-0.2, 0) is 9.78 Å². The first-order valence-corrected chi connectivity index (χ1v) is 9.00. The SMILES string of the molecule is CC(OOC(C)c1ccc2ccccc2c1)c1ccc2ccccc2c1. The molecule has 0 N–H and O–H groups in total. The molecular formula is C24H22O2. The zero-order chi connectivity index (χ0) is 17.9. The van der Waals surface area contributed by atoms with Crippen LogP contribution in [0.25, 0.3) is 21.5 Å². The molecule has 4 aromatic rings. The molecule has 2 nitrogen and oxygen atoms in total. The molecule has 4 aromatic carbocycles. The van der Waals surface area contributed by atoms with Gasteiger partial charge < -0.3 is 0 Å². The first-order chi connectivity index (χ1) is 12.7. The van der Waals surface area contributed by atoms with E-state index in [2.05, 4.69) is 84.9 Å². The highest BCUT2D eigenvalue weighted by molar-refractivity contribution is 5.83. The summed E-state index contributed by atoms with van der Waals surface area (Å²) in [7, 11) is 0. The first-order valence-electron chi connectivity index (χ1n) is 9.00. The summed E-state index contributed by atoms with van der Waals surface area (Å²) in [5.41, 5.74) is 2.21. The fourth-order valence-corrected chi connectivity index (χ4v) is 3.20. The second kappa shape index (κ2) is 7.28. The third-order valence-electron chi connectivity index (χ3n) is 4.83. The quantitative estimate of drug-likeness (QED) is 0.294. The van der Waals surface area contributed by atoms with E-state index in [1.54, 1.807) is 0 Å². The summed E-state index contributed by atoms with van der Waals surface area (Å²) in [4.78, 5) is 11.4. The number of fused-ring (bicyclic) bond motifs is 2. The van der Waals surface area contributed by atoms with Gasteiger partial charge in [0.05, 0.1) is 0 Å². The maximum absolute atomic E-state index is 5.71. The van der Waals surface area contributed by atoms with E-state index in [1.165, 1.54) is 21.5 Å². The molecule has 0 fully saturated rings. The van der Waals surface area contributed by atoms with Crippen molar-refractivity contribution < 1.29 is 9.78 Å². The first kappa shape index (κ1) is 16.8. The van der Waals surface area contributed by atoms with Gasteiger partial charge in [-0.2, -0.15) is 0 Å². The van der Waals surface area contributed by atoms with Crippen LogP contribution in [0.3, 0.4) is 0 Å². The molecule has 26 heavy (non-hydrogen) atoms. The van der Waals surface area contributed by atoms with Crippen LogP contribution in [-0.4, -0.2) is 0 Å². The van der Waals surface area contributed by atoms with Crippen LogP contribution in [0.2, 0.25) is 0 Å². The van der Waals surface area contributed by atoms with Crippen LogP contribution < -0.4 is 0 Å². The normalized spacial score (nSPS) is 13.8. The Morgan fingerprint density at radius 1 is 0.500 bits per heavy atom. The van der Waals surface area contributed by atoms with Gasteiger partial charge in [0.15, 0.2) is 0 Å². The average Bonchev–Trinajstić information content (AvgIpc) is 2.71. The minimum absolute atomic E-state index is 0.137. The Kier molecular flexibility index (Phi) is 4.70. The second-order valence-corrected chi connectivity index (χ2v) is 6.69. The van der Waals surface area contributed by atoms with Crippen molar-refractivity contribution in [3.8, 4) is 0 Å². The van der Waals surface area contributed by atoms with Gasteiger partial charge in [0.25, 0.3) is 0 Å². The topological polar surface area (TPSA) is 18.5 Å². The Labute approximate surface area is 153 Å². The molecule has 0 aliphatic heterocycles. The Morgan fingerprint density at radius 3 is 1.31 bits per heavy atom. The third-order valence-corrected chi connectivity index (χ3v) is 4.83. The monoisotopic (exact) mass is 342 g/mol. The van der Waals surface area contributed by atoms with Crippen molar-refractivity contribution in [2.75, 3.05) is 0 Å². The summed E-state index contributed by atoms with van der Waals surface area (Å²) in [6.45, 7) is 4.02. The molecule has 0 saturated heterocycles. The fraction of sp³-hybridized carbons (Fsp3) is 0.167. The number of hydrogen-bond acceptors (Lipinski definition) is 2. The molecule has 4 rings (SSSR count). The molecule has 0 saturated carbocycles. The highest BCUT2D eigenvalue weighted by Crippen LogP contribution is 2.27. The lowest BCUT2D eigenvalue weighted by atomic mass is 10.0. The van der Waals surface area contributed by atoms with E-state index in [4.69, 9.17) is 9.78 Å². The minimum atomic E-state index is -0.137. The van der Waals surface area contributed by atoms with Crippen molar-refractivity contribution in [3.05, 3.63) is 96.1 Å². The Morgan fingerprint density at radius 2 is 0.885 bits per heavy atom. The van der Waals surface area contributed by atoms with E-state index in [0.29, 0.717) is 0 Å². The summed E-state index contributed by atoms with van der Waals surface area (Å²) in [5.74, 6) is 0. The van der Waals surface area contributed by atoms with Crippen LogP contribution in [0.5, 0.6) is 0 Å². The summed E-state index contributed by atoms with van der Waals surface area (Å²) in [5, 5.41) is 4.88. The van der Waals surface area contributed by atoms with Crippen molar-refractivity contribution in [2.24, 2.45) is 0 Å². The predicted molar refractivity (Wildman–Crippen MR) is 107 cm³/mol. The molecule has 130 valence electrons. The van der Waals surface area contributed by atoms with Crippen LogP contribution in [0.1, 0.15) is 37.2 Å². The molecule has 2 unspecified atom stereocenters. The highest BCUT2D eigenvalue weighted by Gasteiger charge is 2.12. The zero-order valence-corrected chi connectivity index (χ0v) is 15.1. The van der Waals surface area contributed by atoms with E-state index >= 15 is 0 Å². The van der Waals surface area contributed by atoms with Gasteiger partial charge in [-0.1, -0.05) is 72.8 Å². The maximum atomic E-state index is 5.71. The predicted octanol–water partition coefficient (Wildman–Crippen LogP) is 6.76. The van der Waals surface area contributed by atoms with Gasteiger partial charge in [0, 0.05) is 0 Å². The third kappa shape index (κ3) is 3.48. The smallest absolute Gasteiger partial charge is 0.115 e. The van der Waals surface area contributed by atoms with Crippen LogP contribution in [0.4, 0.5) is 0 Å². The van der Waals surface area contributed by atoms with E-state index in [-0.39, 0.29) is 12.2 Å². The Balaban J connectivity index is 1.46. The van der Waals surface area contributed by atoms with Crippen molar-refractivity contribution in [1.29, 1.82) is 0 Å². The van der Waals surface area contributed by atoms with E-state index < -0.39 is 0 Å². The minimum Gasteiger partial charge on any atom is -0.228 e. The maximum Gasteiger partial charge on any atom is 0.115 e. The molecule has 0 heterocycles. The van der Waals surface area contributed by atoms with Crippen molar-refractivity contribution in [1.82, 2.24) is 0 Å². The largest absolute Gasteiger partial charge is 0.228 e.